The summed E-state index contributed by atoms with van der Waals surface area (Å²) in [6.07, 6.45) is -0.579. The average Bonchev–Trinajstić information content (AvgIpc) is 2.34. The summed E-state index contributed by atoms with van der Waals surface area (Å²) in [5, 5.41) is 13.5. The van der Waals surface area contributed by atoms with Gasteiger partial charge in [0.05, 0.1) is 10.5 Å². The molecule has 0 amide bonds. The third-order valence-electron chi connectivity index (χ3n) is 2.31. The first kappa shape index (κ1) is 13.1. The van der Waals surface area contributed by atoms with E-state index in [1.807, 2.05) is 0 Å². The second kappa shape index (κ2) is 4.75. The zero-order valence-corrected chi connectivity index (χ0v) is 9.40. The highest BCUT2D eigenvalue weighted by Crippen LogP contribution is 2.36. The fourth-order valence-electron chi connectivity index (χ4n) is 1.58. The normalized spacial score (nSPS) is 13.6. The van der Waals surface area contributed by atoms with Crippen LogP contribution >= 0.6 is 0 Å². The molecule has 6 nitrogen and oxygen atoms in total. The molecular formula is C10H8F3N3O3. The standard InChI is InChI=1S/C10H8F3N3O3/c11-10(12,13)5-19-9-6-2-1-3-14-8(6)7(4-15-9)16(17)18/h1-2,4,14H,3,5H2. The summed E-state index contributed by atoms with van der Waals surface area (Å²) >= 11 is 0. The van der Waals surface area contributed by atoms with Gasteiger partial charge in [-0.3, -0.25) is 10.1 Å². The van der Waals surface area contributed by atoms with Gasteiger partial charge in [0.25, 0.3) is 0 Å². The van der Waals surface area contributed by atoms with E-state index in [4.69, 9.17) is 0 Å². The minimum absolute atomic E-state index is 0.111. The number of halogens is 3. The van der Waals surface area contributed by atoms with Crippen LogP contribution in [0.2, 0.25) is 0 Å². The van der Waals surface area contributed by atoms with Crippen LogP contribution in [0.25, 0.3) is 6.08 Å². The smallest absolute Gasteiger partial charge is 0.422 e. The molecule has 0 radical (unpaired) electrons. The number of nitrogens with one attached hydrogen (secondary N) is 1. The van der Waals surface area contributed by atoms with E-state index in [-0.39, 0.29) is 22.8 Å². The van der Waals surface area contributed by atoms with Crippen molar-refractivity contribution in [2.75, 3.05) is 18.5 Å². The van der Waals surface area contributed by atoms with E-state index in [1.165, 1.54) is 6.08 Å². The van der Waals surface area contributed by atoms with Gasteiger partial charge < -0.3 is 10.1 Å². The predicted molar refractivity (Wildman–Crippen MR) is 60.0 cm³/mol. The molecule has 1 aliphatic rings. The highest BCUT2D eigenvalue weighted by Gasteiger charge is 2.30. The van der Waals surface area contributed by atoms with Crippen molar-refractivity contribution in [3.8, 4) is 5.88 Å². The van der Waals surface area contributed by atoms with Crippen molar-refractivity contribution in [3.63, 3.8) is 0 Å². The van der Waals surface area contributed by atoms with Crippen LogP contribution in [0.4, 0.5) is 24.5 Å². The molecule has 1 N–H and O–H groups in total. The second-order valence-corrected chi connectivity index (χ2v) is 3.68. The van der Waals surface area contributed by atoms with E-state index in [2.05, 4.69) is 15.0 Å². The maximum absolute atomic E-state index is 12.1. The number of pyridine rings is 1. The molecule has 2 rings (SSSR count). The van der Waals surface area contributed by atoms with Crippen LogP contribution in [0.3, 0.4) is 0 Å². The van der Waals surface area contributed by atoms with Gasteiger partial charge in [-0.25, -0.2) is 4.98 Å². The van der Waals surface area contributed by atoms with Crippen molar-refractivity contribution in [3.05, 3.63) is 28.0 Å². The number of anilines is 1. The van der Waals surface area contributed by atoms with E-state index in [0.29, 0.717) is 6.54 Å². The number of ether oxygens (including phenoxy) is 1. The number of fused-ring (bicyclic) bond motifs is 1. The largest absolute Gasteiger partial charge is 0.468 e. The topological polar surface area (TPSA) is 77.3 Å². The summed E-state index contributed by atoms with van der Waals surface area (Å²) in [6, 6.07) is 0. The van der Waals surface area contributed by atoms with Crippen LogP contribution in [0.15, 0.2) is 12.3 Å². The Bertz CT molecular complexity index is 543. The average molecular weight is 275 g/mol. The molecule has 2 heterocycles. The lowest BCUT2D eigenvalue weighted by Crippen LogP contribution is -2.20. The van der Waals surface area contributed by atoms with Crippen molar-refractivity contribution in [2.45, 2.75) is 6.18 Å². The van der Waals surface area contributed by atoms with E-state index in [1.54, 1.807) is 6.08 Å². The number of nitro groups is 1. The van der Waals surface area contributed by atoms with Crippen LogP contribution in [-0.4, -0.2) is 29.2 Å². The Labute approximate surface area is 105 Å². The fraction of sp³-hybridized carbons (Fsp3) is 0.300. The number of rotatable bonds is 3. The first-order chi connectivity index (χ1) is 8.88. The number of hydrogen-bond donors (Lipinski definition) is 1. The van der Waals surface area contributed by atoms with Gasteiger partial charge in [0, 0.05) is 6.54 Å². The first-order valence-electron chi connectivity index (χ1n) is 5.16. The van der Waals surface area contributed by atoms with Crippen LogP contribution in [0.5, 0.6) is 5.88 Å². The van der Waals surface area contributed by atoms with Gasteiger partial charge in [0.1, 0.15) is 11.9 Å². The monoisotopic (exact) mass is 275 g/mol. The summed E-state index contributed by atoms with van der Waals surface area (Å²) in [4.78, 5) is 13.7. The Morgan fingerprint density at radius 1 is 1.53 bits per heavy atom. The minimum atomic E-state index is -4.50. The molecule has 0 atom stereocenters. The second-order valence-electron chi connectivity index (χ2n) is 3.68. The summed E-state index contributed by atoms with van der Waals surface area (Å²) in [5.74, 6) is -0.290. The lowest BCUT2D eigenvalue weighted by atomic mass is 10.1. The lowest BCUT2D eigenvalue weighted by Gasteiger charge is -2.16. The third-order valence-corrected chi connectivity index (χ3v) is 2.31. The van der Waals surface area contributed by atoms with Gasteiger partial charge >= 0.3 is 11.9 Å². The molecule has 1 aromatic heterocycles. The van der Waals surface area contributed by atoms with Gasteiger partial charge in [-0.1, -0.05) is 6.08 Å². The fourth-order valence-corrected chi connectivity index (χ4v) is 1.58. The van der Waals surface area contributed by atoms with Gasteiger partial charge in [-0.05, 0) is 6.08 Å². The van der Waals surface area contributed by atoms with Gasteiger partial charge in [-0.2, -0.15) is 13.2 Å². The van der Waals surface area contributed by atoms with Gasteiger partial charge in [0.15, 0.2) is 6.61 Å². The molecule has 0 fully saturated rings. The Kier molecular flexibility index (Phi) is 3.28. The number of nitrogens with zero attached hydrogens (tertiary/aromatic N) is 2. The van der Waals surface area contributed by atoms with Crippen LogP contribution in [0.1, 0.15) is 5.56 Å². The molecule has 0 saturated heterocycles. The SMILES string of the molecule is O=[N+]([O-])c1cnc(OCC(F)(F)F)c2c1NCC=C2. The van der Waals surface area contributed by atoms with Crippen LogP contribution < -0.4 is 10.1 Å². The molecule has 0 saturated carbocycles. The number of hydrogen-bond acceptors (Lipinski definition) is 5. The predicted octanol–water partition coefficient (Wildman–Crippen LogP) is 2.37. The third kappa shape index (κ3) is 2.92. The molecule has 0 spiro atoms. The molecule has 19 heavy (non-hydrogen) atoms. The Balaban J connectivity index is 2.37. The quantitative estimate of drug-likeness (QED) is 0.676. The summed E-state index contributed by atoms with van der Waals surface area (Å²) < 4.78 is 40.8. The Morgan fingerprint density at radius 3 is 2.89 bits per heavy atom. The summed E-state index contributed by atoms with van der Waals surface area (Å²) in [5.41, 5.74) is -0.0527. The maximum atomic E-state index is 12.1. The molecule has 9 heteroatoms. The zero-order valence-electron chi connectivity index (χ0n) is 9.40. The molecule has 1 aliphatic heterocycles. The van der Waals surface area contributed by atoms with Crippen molar-refractivity contribution in [1.29, 1.82) is 0 Å². The van der Waals surface area contributed by atoms with E-state index in [0.717, 1.165) is 6.20 Å². The number of alkyl halides is 3. The van der Waals surface area contributed by atoms with Gasteiger partial charge in [-0.15, -0.1) is 0 Å². The van der Waals surface area contributed by atoms with E-state index < -0.39 is 17.7 Å². The van der Waals surface area contributed by atoms with Crippen molar-refractivity contribution < 1.29 is 22.8 Å². The highest BCUT2D eigenvalue weighted by atomic mass is 19.4. The Hall–Kier alpha value is -2.32. The first-order valence-corrected chi connectivity index (χ1v) is 5.16. The molecule has 0 aliphatic carbocycles. The highest BCUT2D eigenvalue weighted by molar-refractivity contribution is 5.80. The molecule has 0 bridgehead atoms. The van der Waals surface area contributed by atoms with Crippen LogP contribution in [0, 0.1) is 10.1 Å². The summed E-state index contributed by atoms with van der Waals surface area (Å²) in [7, 11) is 0. The molecule has 1 aromatic rings. The van der Waals surface area contributed by atoms with Crippen molar-refractivity contribution in [2.24, 2.45) is 0 Å². The molecule has 0 unspecified atom stereocenters. The zero-order chi connectivity index (χ0) is 14.0. The molecule has 0 aromatic carbocycles. The van der Waals surface area contributed by atoms with Crippen molar-refractivity contribution >= 4 is 17.5 Å². The van der Waals surface area contributed by atoms with E-state index in [9.17, 15) is 23.3 Å². The van der Waals surface area contributed by atoms with Crippen molar-refractivity contribution in [1.82, 2.24) is 4.98 Å². The van der Waals surface area contributed by atoms with Crippen LogP contribution in [-0.2, 0) is 0 Å². The van der Waals surface area contributed by atoms with E-state index >= 15 is 0 Å². The molecular weight excluding hydrogens is 267 g/mol. The Morgan fingerprint density at radius 2 is 2.26 bits per heavy atom. The lowest BCUT2D eigenvalue weighted by molar-refractivity contribution is -0.384. The summed E-state index contributed by atoms with van der Waals surface area (Å²) in [6.45, 7) is -1.16. The van der Waals surface area contributed by atoms with Gasteiger partial charge in [0.2, 0.25) is 5.88 Å². The maximum Gasteiger partial charge on any atom is 0.422 e. The minimum Gasteiger partial charge on any atom is -0.468 e. The number of aromatic nitrogens is 1. The molecule has 102 valence electrons.